The van der Waals surface area contributed by atoms with E-state index < -0.39 is 0 Å². The van der Waals surface area contributed by atoms with Crippen molar-refractivity contribution in [3.8, 4) is 0 Å². The summed E-state index contributed by atoms with van der Waals surface area (Å²) in [5.41, 5.74) is 1.17. The fourth-order valence-corrected chi connectivity index (χ4v) is 2.46. The first-order chi connectivity index (χ1) is 9.83. The van der Waals surface area contributed by atoms with Gasteiger partial charge in [0.05, 0.1) is 31.5 Å². The summed E-state index contributed by atoms with van der Waals surface area (Å²) in [5, 5.41) is 9.30. The highest BCUT2D eigenvalue weighted by Crippen LogP contribution is 2.20. The Morgan fingerprint density at radius 2 is 2.00 bits per heavy atom. The van der Waals surface area contributed by atoms with Gasteiger partial charge in [-0.25, -0.2) is 0 Å². The van der Waals surface area contributed by atoms with Crippen LogP contribution >= 0.6 is 0 Å². The molecule has 0 aromatic heterocycles. The Balaban J connectivity index is 1.91. The van der Waals surface area contributed by atoms with Crippen LogP contribution in [0.25, 0.3) is 0 Å². The van der Waals surface area contributed by atoms with Crippen LogP contribution in [0.4, 0.5) is 0 Å². The maximum atomic E-state index is 9.30. The van der Waals surface area contributed by atoms with E-state index in [0.29, 0.717) is 6.61 Å². The smallest absolute Gasteiger partial charge is 0.0876 e. The van der Waals surface area contributed by atoms with Crippen LogP contribution in [0.1, 0.15) is 31.7 Å². The van der Waals surface area contributed by atoms with Crippen molar-refractivity contribution < 1.29 is 14.6 Å². The third kappa shape index (κ3) is 4.44. The number of hydrogen-bond acceptors (Lipinski definition) is 3. The molecule has 3 heteroatoms. The first-order valence-electron chi connectivity index (χ1n) is 7.40. The molecule has 1 N–H and O–H groups in total. The lowest BCUT2D eigenvalue weighted by atomic mass is 10.1. The Morgan fingerprint density at radius 1 is 1.25 bits per heavy atom. The van der Waals surface area contributed by atoms with Gasteiger partial charge in [-0.2, -0.15) is 0 Å². The van der Waals surface area contributed by atoms with E-state index in [1.807, 2.05) is 18.2 Å². The minimum Gasteiger partial charge on any atom is -0.394 e. The third-order valence-electron chi connectivity index (χ3n) is 3.63. The van der Waals surface area contributed by atoms with Gasteiger partial charge in [0.15, 0.2) is 0 Å². The summed E-state index contributed by atoms with van der Waals surface area (Å²) >= 11 is 0. The average Bonchev–Trinajstić information content (AvgIpc) is 2.75. The SMILES string of the molecule is CC[C@H](OCc1ccccc1)[C@H]1CC=CC[C@H](CO)O1. The van der Waals surface area contributed by atoms with Crippen LogP contribution in [0.5, 0.6) is 0 Å². The zero-order chi connectivity index (χ0) is 14.2. The highest BCUT2D eigenvalue weighted by molar-refractivity contribution is 5.13. The van der Waals surface area contributed by atoms with Gasteiger partial charge in [-0.1, -0.05) is 49.4 Å². The van der Waals surface area contributed by atoms with E-state index >= 15 is 0 Å². The molecule has 0 radical (unpaired) electrons. The molecule has 3 atom stereocenters. The molecule has 0 bridgehead atoms. The maximum Gasteiger partial charge on any atom is 0.0876 e. The second-order valence-electron chi connectivity index (χ2n) is 5.17. The molecule has 1 heterocycles. The minimum atomic E-state index is -0.104. The minimum absolute atomic E-state index is 0.0274. The van der Waals surface area contributed by atoms with Crippen LogP contribution in [0.15, 0.2) is 42.5 Å². The van der Waals surface area contributed by atoms with Crippen molar-refractivity contribution in [1.29, 1.82) is 0 Å². The van der Waals surface area contributed by atoms with E-state index in [1.54, 1.807) is 0 Å². The first-order valence-corrected chi connectivity index (χ1v) is 7.40. The van der Waals surface area contributed by atoms with Crippen LogP contribution in [-0.2, 0) is 16.1 Å². The van der Waals surface area contributed by atoms with Gasteiger partial charge in [-0.15, -0.1) is 0 Å². The molecule has 110 valence electrons. The van der Waals surface area contributed by atoms with E-state index in [0.717, 1.165) is 19.3 Å². The van der Waals surface area contributed by atoms with E-state index in [9.17, 15) is 5.11 Å². The van der Waals surface area contributed by atoms with Crippen molar-refractivity contribution in [1.82, 2.24) is 0 Å². The Morgan fingerprint density at radius 3 is 2.70 bits per heavy atom. The maximum absolute atomic E-state index is 9.30. The summed E-state index contributed by atoms with van der Waals surface area (Å²) in [6, 6.07) is 10.2. The van der Waals surface area contributed by atoms with Crippen molar-refractivity contribution in [2.24, 2.45) is 0 Å². The summed E-state index contributed by atoms with van der Waals surface area (Å²) in [6.45, 7) is 2.78. The van der Waals surface area contributed by atoms with E-state index in [2.05, 4.69) is 31.2 Å². The first kappa shape index (κ1) is 15.2. The Labute approximate surface area is 121 Å². The van der Waals surface area contributed by atoms with Gasteiger partial charge < -0.3 is 14.6 Å². The number of aliphatic hydroxyl groups is 1. The second-order valence-corrected chi connectivity index (χ2v) is 5.17. The number of rotatable bonds is 6. The molecule has 0 amide bonds. The molecule has 20 heavy (non-hydrogen) atoms. The van der Waals surface area contributed by atoms with E-state index in [4.69, 9.17) is 9.47 Å². The topological polar surface area (TPSA) is 38.7 Å². The average molecular weight is 276 g/mol. The highest BCUT2D eigenvalue weighted by Gasteiger charge is 2.25. The Bertz CT molecular complexity index is 402. The molecule has 1 aromatic rings. The van der Waals surface area contributed by atoms with Crippen LogP contribution in [0.3, 0.4) is 0 Å². The Hall–Kier alpha value is -1.16. The largest absolute Gasteiger partial charge is 0.394 e. The summed E-state index contributed by atoms with van der Waals surface area (Å²) in [6.07, 6.45) is 6.74. The molecule has 0 saturated carbocycles. The van der Waals surface area contributed by atoms with Gasteiger partial charge in [0.2, 0.25) is 0 Å². The molecule has 2 rings (SSSR count). The molecule has 0 aliphatic carbocycles. The Kier molecular flexibility index (Phi) is 6.25. The molecule has 0 spiro atoms. The summed E-state index contributed by atoms with van der Waals surface area (Å²) in [7, 11) is 0. The normalized spacial score (nSPS) is 24.3. The highest BCUT2D eigenvalue weighted by atomic mass is 16.6. The van der Waals surface area contributed by atoms with E-state index in [1.165, 1.54) is 5.56 Å². The van der Waals surface area contributed by atoms with Gasteiger partial charge in [0, 0.05) is 0 Å². The van der Waals surface area contributed by atoms with Gasteiger partial charge in [0.25, 0.3) is 0 Å². The number of aliphatic hydroxyl groups excluding tert-OH is 1. The van der Waals surface area contributed by atoms with E-state index in [-0.39, 0.29) is 24.9 Å². The van der Waals surface area contributed by atoms with Gasteiger partial charge >= 0.3 is 0 Å². The molecule has 0 saturated heterocycles. The van der Waals surface area contributed by atoms with Crippen molar-refractivity contribution in [2.75, 3.05) is 6.61 Å². The van der Waals surface area contributed by atoms with Crippen LogP contribution in [-0.4, -0.2) is 30.0 Å². The lowest BCUT2D eigenvalue weighted by Crippen LogP contribution is -2.34. The molecule has 3 nitrogen and oxygen atoms in total. The monoisotopic (exact) mass is 276 g/mol. The second kappa shape index (κ2) is 8.20. The quantitative estimate of drug-likeness (QED) is 0.812. The van der Waals surface area contributed by atoms with Gasteiger partial charge in [-0.05, 0) is 24.8 Å². The van der Waals surface area contributed by atoms with Crippen LogP contribution in [0.2, 0.25) is 0 Å². The number of hydrogen-bond donors (Lipinski definition) is 1. The van der Waals surface area contributed by atoms with Crippen molar-refractivity contribution >= 4 is 0 Å². The van der Waals surface area contributed by atoms with Gasteiger partial charge in [-0.3, -0.25) is 0 Å². The number of ether oxygens (including phenoxy) is 2. The molecule has 0 fully saturated rings. The molecule has 1 aliphatic heterocycles. The lowest BCUT2D eigenvalue weighted by Gasteiger charge is -2.28. The predicted octanol–water partition coefficient (Wildman–Crippen LogP) is 3.08. The summed E-state index contributed by atoms with van der Waals surface area (Å²) in [4.78, 5) is 0. The molecular formula is C17H24O3. The fraction of sp³-hybridized carbons (Fsp3) is 0.529. The summed E-state index contributed by atoms with van der Waals surface area (Å²) in [5.74, 6) is 0. The predicted molar refractivity (Wildman–Crippen MR) is 79.4 cm³/mol. The lowest BCUT2D eigenvalue weighted by molar-refractivity contribution is -0.113. The molecule has 1 aromatic carbocycles. The third-order valence-corrected chi connectivity index (χ3v) is 3.63. The zero-order valence-electron chi connectivity index (χ0n) is 12.1. The van der Waals surface area contributed by atoms with Crippen molar-refractivity contribution in [3.63, 3.8) is 0 Å². The van der Waals surface area contributed by atoms with Crippen LogP contribution < -0.4 is 0 Å². The van der Waals surface area contributed by atoms with Crippen molar-refractivity contribution in [3.05, 3.63) is 48.0 Å². The van der Waals surface area contributed by atoms with Gasteiger partial charge in [0.1, 0.15) is 0 Å². The zero-order valence-corrected chi connectivity index (χ0v) is 12.1. The van der Waals surface area contributed by atoms with Crippen molar-refractivity contribution in [2.45, 2.75) is 51.1 Å². The fourth-order valence-electron chi connectivity index (χ4n) is 2.46. The molecule has 1 aliphatic rings. The molecule has 0 unspecified atom stereocenters. The number of benzene rings is 1. The summed E-state index contributed by atoms with van der Waals surface area (Å²) < 4.78 is 12.0. The van der Waals surface area contributed by atoms with Crippen LogP contribution in [0, 0.1) is 0 Å². The molecular weight excluding hydrogens is 252 g/mol. The standard InChI is InChI=1S/C17H24O3/c1-2-16(19-13-14-8-4-3-5-9-14)17-11-7-6-10-15(12-18)20-17/h3-9,15-18H,2,10-13H2,1H3/t15-,16+,17-/m1/s1.